The van der Waals surface area contributed by atoms with Gasteiger partial charge in [0.1, 0.15) is 5.82 Å². The van der Waals surface area contributed by atoms with Gasteiger partial charge in [-0.2, -0.15) is 0 Å². The Morgan fingerprint density at radius 2 is 2.27 bits per heavy atom. The zero-order valence-electron chi connectivity index (χ0n) is 8.66. The van der Waals surface area contributed by atoms with Gasteiger partial charge in [-0.1, -0.05) is 0 Å². The molecular weight excluding hydrogens is 192 g/mol. The Labute approximate surface area is 88.3 Å². The molecule has 1 aromatic rings. The Bertz CT molecular complexity index is 343. The van der Waals surface area contributed by atoms with Crippen LogP contribution in [0.2, 0.25) is 0 Å². The number of nitrogens with zero attached hydrogens (tertiary/aromatic N) is 2. The predicted octanol–water partition coefficient (Wildman–Crippen LogP) is 0.333. The lowest BCUT2D eigenvalue weighted by molar-refractivity contribution is -0.119. The molecule has 0 aromatic carbocycles. The zero-order chi connectivity index (χ0) is 10.7. The van der Waals surface area contributed by atoms with Gasteiger partial charge >= 0.3 is 0 Å². The van der Waals surface area contributed by atoms with Gasteiger partial charge in [0.25, 0.3) is 0 Å². The van der Waals surface area contributed by atoms with Crippen molar-refractivity contribution in [2.24, 2.45) is 5.92 Å². The third-order valence-electron chi connectivity index (χ3n) is 2.48. The van der Waals surface area contributed by atoms with E-state index in [4.69, 9.17) is 0 Å². The van der Waals surface area contributed by atoms with Crippen LogP contribution < -0.4 is 10.6 Å². The molecule has 2 rings (SSSR count). The van der Waals surface area contributed by atoms with E-state index in [2.05, 4.69) is 20.6 Å². The number of aromatic nitrogens is 2. The van der Waals surface area contributed by atoms with E-state index in [1.165, 1.54) is 0 Å². The molecule has 0 spiro atoms. The molecule has 0 saturated carbocycles. The van der Waals surface area contributed by atoms with E-state index in [-0.39, 0.29) is 11.8 Å². The molecule has 0 unspecified atom stereocenters. The van der Waals surface area contributed by atoms with Crippen molar-refractivity contribution in [2.75, 3.05) is 18.4 Å². The molecule has 0 radical (unpaired) electrons. The number of carbonyl (C=O) groups is 1. The first-order valence-electron chi connectivity index (χ1n) is 5.06. The standard InChI is InChI=1S/C10H14N4O/c1-7-12-5-9(6-13-7)14-10(15)8-2-3-11-4-8/h5-6,8,11H,2-4H2,1H3,(H,14,15)/t8-/m1/s1. The van der Waals surface area contributed by atoms with Crippen LogP contribution >= 0.6 is 0 Å². The van der Waals surface area contributed by atoms with Crippen molar-refractivity contribution in [1.29, 1.82) is 0 Å². The number of anilines is 1. The van der Waals surface area contributed by atoms with Gasteiger partial charge in [0.15, 0.2) is 0 Å². The van der Waals surface area contributed by atoms with Crippen molar-refractivity contribution in [2.45, 2.75) is 13.3 Å². The largest absolute Gasteiger partial charge is 0.323 e. The van der Waals surface area contributed by atoms with Crippen LogP contribution in [-0.2, 0) is 4.79 Å². The molecule has 0 bridgehead atoms. The summed E-state index contributed by atoms with van der Waals surface area (Å²) in [6.45, 7) is 3.49. The third kappa shape index (κ3) is 2.50. The summed E-state index contributed by atoms with van der Waals surface area (Å²) in [4.78, 5) is 19.7. The van der Waals surface area contributed by atoms with Crippen LogP contribution in [0.3, 0.4) is 0 Å². The predicted molar refractivity (Wildman–Crippen MR) is 56.4 cm³/mol. The van der Waals surface area contributed by atoms with E-state index in [0.717, 1.165) is 19.5 Å². The van der Waals surface area contributed by atoms with E-state index in [1.807, 2.05) is 6.92 Å². The van der Waals surface area contributed by atoms with Crippen molar-refractivity contribution in [1.82, 2.24) is 15.3 Å². The summed E-state index contributed by atoms with van der Waals surface area (Å²) < 4.78 is 0. The molecule has 15 heavy (non-hydrogen) atoms. The van der Waals surface area contributed by atoms with Crippen LogP contribution in [0.15, 0.2) is 12.4 Å². The molecule has 2 N–H and O–H groups in total. The number of carbonyl (C=O) groups excluding carboxylic acids is 1. The summed E-state index contributed by atoms with van der Waals surface area (Å²) in [5.41, 5.74) is 0.664. The quantitative estimate of drug-likeness (QED) is 0.732. The lowest BCUT2D eigenvalue weighted by Crippen LogP contribution is -2.24. The highest BCUT2D eigenvalue weighted by Crippen LogP contribution is 2.11. The minimum atomic E-state index is 0.0486. The molecule has 1 amide bonds. The van der Waals surface area contributed by atoms with Crippen LogP contribution in [0.4, 0.5) is 5.69 Å². The van der Waals surface area contributed by atoms with Crippen molar-refractivity contribution in [3.05, 3.63) is 18.2 Å². The lowest BCUT2D eigenvalue weighted by atomic mass is 10.1. The molecule has 80 valence electrons. The first kappa shape index (κ1) is 10.0. The summed E-state index contributed by atoms with van der Waals surface area (Å²) in [5.74, 6) is 0.828. The lowest BCUT2D eigenvalue weighted by Gasteiger charge is -2.08. The molecule has 1 fully saturated rings. The Balaban J connectivity index is 1.96. The molecule has 0 aliphatic carbocycles. The number of aryl methyl sites for hydroxylation is 1. The van der Waals surface area contributed by atoms with Crippen molar-refractivity contribution in [3.8, 4) is 0 Å². The van der Waals surface area contributed by atoms with E-state index < -0.39 is 0 Å². The second-order valence-corrected chi connectivity index (χ2v) is 3.70. The normalized spacial score (nSPS) is 20.2. The Morgan fingerprint density at radius 1 is 1.53 bits per heavy atom. The molecule has 1 aromatic heterocycles. The maximum absolute atomic E-state index is 11.7. The number of amides is 1. The highest BCUT2D eigenvalue weighted by atomic mass is 16.1. The van der Waals surface area contributed by atoms with Gasteiger partial charge in [-0.25, -0.2) is 9.97 Å². The van der Waals surface area contributed by atoms with E-state index in [1.54, 1.807) is 12.4 Å². The summed E-state index contributed by atoms with van der Waals surface area (Å²) in [5, 5.41) is 5.96. The maximum Gasteiger partial charge on any atom is 0.228 e. The highest BCUT2D eigenvalue weighted by molar-refractivity contribution is 5.92. The fourth-order valence-corrected chi connectivity index (χ4v) is 1.58. The number of hydrogen-bond acceptors (Lipinski definition) is 4. The van der Waals surface area contributed by atoms with Gasteiger partial charge in [-0.3, -0.25) is 4.79 Å². The van der Waals surface area contributed by atoms with Crippen LogP contribution in [0.25, 0.3) is 0 Å². The molecule has 1 aliphatic heterocycles. The van der Waals surface area contributed by atoms with Crippen molar-refractivity contribution >= 4 is 11.6 Å². The molecule has 1 atom stereocenters. The van der Waals surface area contributed by atoms with Gasteiger partial charge in [0, 0.05) is 6.54 Å². The van der Waals surface area contributed by atoms with E-state index >= 15 is 0 Å². The summed E-state index contributed by atoms with van der Waals surface area (Å²) >= 11 is 0. The fourth-order valence-electron chi connectivity index (χ4n) is 1.58. The van der Waals surface area contributed by atoms with Gasteiger partial charge in [0.05, 0.1) is 24.0 Å². The average molecular weight is 206 g/mol. The Kier molecular flexibility index (Phi) is 2.91. The zero-order valence-corrected chi connectivity index (χ0v) is 8.66. The van der Waals surface area contributed by atoms with Gasteiger partial charge in [-0.15, -0.1) is 0 Å². The summed E-state index contributed by atoms with van der Waals surface area (Å²) in [7, 11) is 0. The average Bonchev–Trinajstić information content (AvgIpc) is 2.74. The number of nitrogens with one attached hydrogen (secondary N) is 2. The van der Waals surface area contributed by atoms with Gasteiger partial charge in [0.2, 0.25) is 5.91 Å². The molecule has 5 nitrogen and oxygen atoms in total. The van der Waals surface area contributed by atoms with Crippen molar-refractivity contribution in [3.63, 3.8) is 0 Å². The minimum absolute atomic E-state index is 0.0486. The smallest absolute Gasteiger partial charge is 0.228 e. The first-order valence-corrected chi connectivity index (χ1v) is 5.06. The summed E-state index contributed by atoms with van der Waals surface area (Å²) in [6.07, 6.45) is 4.16. The molecule has 1 aliphatic rings. The second kappa shape index (κ2) is 4.35. The molecule has 5 heteroatoms. The van der Waals surface area contributed by atoms with Gasteiger partial charge in [-0.05, 0) is 19.9 Å². The van der Waals surface area contributed by atoms with E-state index in [9.17, 15) is 4.79 Å². The van der Waals surface area contributed by atoms with Crippen molar-refractivity contribution < 1.29 is 4.79 Å². The third-order valence-corrected chi connectivity index (χ3v) is 2.48. The van der Waals surface area contributed by atoms with Crippen LogP contribution in [0.1, 0.15) is 12.2 Å². The summed E-state index contributed by atoms with van der Waals surface area (Å²) in [6, 6.07) is 0. The topological polar surface area (TPSA) is 66.9 Å². The van der Waals surface area contributed by atoms with Crippen LogP contribution in [-0.4, -0.2) is 29.0 Å². The second-order valence-electron chi connectivity index (χ2n) is 3.70. The maximum atomic E-state index is 11.7. The SMILES string of the molecule is Cc1ncc(NC(=O)[C@@H]2CCNC2)cn1. The minimum Gasteiger partial charge on any atom is -0.323 e. The molecule has 1 saturated heterocycles. The first-order chi connectivity index (χ1) is 7.25. The highest BCUT2D eigenvalue weighted by Gasteiger charge is 2.22. The molecular formula is C10H14N4O. The molecule has 2 heterocycles. The monoisotopic (exact) mass is 206 g/mol. The van der Waals surface area contributed by atoms with E-state index in [0.29, 0.717) is 11.5 Å². The van der Waals surface area contributed by atoms with Gasteiger partial charge < -0.3 is 10.6 Å². The number of rotatable bonds is 2. The Hall–Kier alpha value is -1.49. The van der Waals surface area contributed by atoms with Crippen LogP contribution in [0.5, 0.6) is 0 Å². The fraction of sp³-hybridized carbons (Fsp3) is 0.500. The van der Waals surface area contributed by atoms with Crippen LogP contribution in [0, 0.1) is 12.8 Å². The Morgan fingerprint density at radius 3 is 2.87 bits per heavy atom. The number of hydrogen-bond donors (Lipinski definition) is 2.